The van der Waals surface area contributed by atoms with Crippen LogP contribution in [0.3, 0.4) is 0 Å². The number of rotatable bonds is 5. The number of carbonyl (C=O) groups is 2. The molecule has 0 heterocycles. The third kappa shape index (κ3) is 4.94. The third-order valence-electron chi connectivity index (χ3n) is 5.22. The molecule has 0 aromatic heterocycles. The summed E-state index contributed by atoms with van der Waals surface area (Å²) in [5, 5.41) is 5.36. The van der Waals surface area contributed by atoms with Crippen molar-refractivity contribution < 1.29 is 18.4 Å². The first-order valence-corrected chi connectivity index (χ1v) is 11.1. The molecule has 1 fully saturated rings. The molecule has 0 aliphatic heterocycles. The molecule has 0 bridgehead atoms. The van der Waals surface area contributed by atoms with Gasteiger partial charge in [0.25, 0.3) is 5.91 Å². The molecule has 4 nitrogen and oxygen atoms in total. The van der Waals surface area contributed by atoms with Crippen LogP contribution in [0.4, 0.5) is 20.2 Å². The Bertz CT molecular complexity index is 1250. The van der Waals surface area contributed by atoms with E-state index in [1.807, 2.05) is 0 Å². The predicted octanol–water partition coefficient (Wildman–Crippen LogP) is 7.05. The van der Waals surface area contributed by atoms with Crippen LogP contribution in [0.2, 0.25) is 10.0 Å². The van der Waals surface area contributed by atoms with Gasteiger partial charge >= 0.3 is 0 Å². The summed E-state index contributed by atoms with van der Waals surface area (Å²) in [7, 11) is 0. The van der Waals surface area contributed by atoms with Crippen LogP contribution < -0.4 is 10.6 Å². The lowest BCUT2D eigenvalue weighted by Crippen LogP contribution is -2.18. The highest BCUT2D eigenvalue weighted by Gasteiger charge is 2.67. The van der Waals surface area contributed by atoms with Gasteiger partial charge < -0.3 is 10.6 Å². The molecule has 2 N–H and O–H groups in total. The quantitative estimate of drug-likeness (QED) is 0.348. The van der Waals surface area contributed by atoms with Crippen molar-refractivity contribution in [1.29, 1.82) is 0 Å². The highest BCUT2D eigenvalue weighted by molar-refractivity contribution is 6.53. The van der Waals surface area contributed by atoms with Gasteiger partial charge in [0, 0.05) is 17.3 Å². The molecule has 3 aromatic rings. The van der Waals surface area contributed by atoms with Crippen LogP contribution in [-0.2, 0) is 4.79 Å². The summed E-state index contributed by atoms with van der Waals surface area (Å²) < 4.78 is 25.5. The van der Waals surface area contributed by atoms with Gasteiger partial charge in [-0.15, -0.1) is 23.2 Å². The Balaban J connectivity index is 1.50. The number of carbonyl (C=O) groups excluding carboxylic acids is 2. The molecule has 170 valence electrons. The van der Waals surface area contributed by atoms with Gasteiger partial charge in [-0.3, -0.25) is 9.59 Å². The van der Waals surface area contributed by atoms with E-state index >= 15 is 0 Å². The van der Waals surface area contributed by atoms with Gasteiger partial charge in [0.2, 0.25) is 5.91 Å². The lowest BCUT2D eigenvalue weighted by Gasteiger charge is -2.10. The van der Waals surface area contributed by atoms with Crippen LogP contribution in [0.5, 0.6) is 0 Å². The molecule has 1 aliphatic carbocycles. The van der Waals surface area contributed by atoms with Gasteiger partial charge in [0.15, 0.2) is 0 Å². The average molecular weight is 530 g/mol. The van der Waals surface area contributed by atoms with Crippen molar-refractivity contribution in [3.63, 3.8) is 0 Å². The summed E-state index contributed by atoms with van der Waals surface area (Å²) in [6, 6.07) is 13.7. The highest BCUT2D eigenvalue weighted by atomic mass is 35.5. The molecule has 3 aromatic carbocycles. The zero-order chi connectivity index (χ0) is 23.9. The van der Waals surface area contributed by atoms with Gasteiger partial charge in [0.1, 0.15) is 16.0 Å². The molecular weight excluding hydrogens is 516 g/mol. The largest absolute Gasteiger partial charge is 0.326 e. The standard InChI is InChI=1S/C23H14Cl4F2N2O2/c24-16-8-6-14(10-15(16)21(32)30-13-4-2-12(28)3-5-13)31-22(33)20-19(23(20,26)27)11-1-7-17(25)18(29)9-11/h1-10,19-20H,(H,30,32)(H,31,33). The minimum Gasteiger partial charge on any atom is -0.326 e. The van der Waals surface area contributed by atoms with E-state index in [9.17, 15) is 18.4 Å². The van der Waals surface area contributed by atoms with Gasteiger partial charge in [-0.25, -0.2) is 8.78 Å². The smallest absolute Gasteiger partial charge is 0.257 e. The average Bonchev–Trinajstić information content (AvgIpc) is 3.35. The van der Waals surface area contributed by atoms with E-state index in [0.29, 0.717) is 11.3 Å². The molecule has 2 unspecified atom stereocenters. The Morgan fingerprint density at radius 3 is 2.12 bits per heavy atom. The predicted molar refractivity (Wildman–Crippen MR) is 127 cm³/mol. The van der Waals surface area contributed by atoms with Crippen molar-refractivity contribution in [2.45, 2.75) is 10.3 Å². The van der Waals surface area contributed by atoms with Gasteiger partial charge in [-0.05, 0) is 60.2 Å². The second-order valence-electron chi connectivity index (χ2n) is 7.45. The molecule has 1 saturated carbocycles. The summed E-state index contributed by atoms with van der Waals surface area (Å²) in [6.07, 6.45) is 0. The molecule has 0 saturated heterocycles. The van der Waals surface area contributed by atoms with Crippen LogP contribution in [0.25, 0.3) is 0 Å². The molecule has 2 amide bonds. The number of alkyl halides is 2. The molecule has 2 atom stereocenters. The van der Waals surface area contributed by atoms with Crippen molar-refractivity contribution in [1.82, 2.24) is 0 Å². The lowest BCUT2D eigenvalue weighted by atomic mass is 10.1. The molecule has 10 heteroatoms. The first-order valence-electron chi connectivity index (χ1n) is 9.58. The Labute approximate surface area is 207 Å². The normalized spacial score (nSPS) is 18.5. The Hall–Kier alpha value is -2.38. The summed E-state index contributed by atoms with van der Waals surface area (Å²) in [5.41, 5.74) is 1.19. The second kappa shape index (κ2) is 9.11. The third-order valence-corrected chi connectivity index (χ3v) is 6.80. The van der Waals surface area contributed by atoms with Crippen molar-refractivity contribution in [2.75, 3.05) is 10.6 Å². The lowest BCUT2D eigenvalue weighted by molar-refractivity contribution is -0.117. The highest BCUT2D eigenvalue weighted by Crippen LogP contribution is 2.65. The summed E-state index contributed by atoms with van der Waals surface area (Å²) in [6.45, 7) is 0. The van der Waals surface area contributed by atoms with Crippen LogP contribution in [-0.4, -0.2) is 16.1 Å². The fourth-order valence-corrected chi connectivity index (χ4v) is 4.65. The van der Waals surface area contributed by atoms with Gasteiger partial charge in [-0.2, -0.15) is 0 Å². The van der Waals surface area contributed by atoms with E-state index in [1.165, 1.54) is 54.6 Å². The number of nitrogens with one attached hydrogen (secondary N) is 2. The summed E-state index contributed by atoms with van der Waals surface area (Å²) in [5.74, 6) is -3.63. The number of hydrogen-bond donors (Lipinski definition) is 2. The van der Waals surface area contributed by atoms with E-state index in [1.54, 1.807) is 6.07 Å². The maximum absolute atomic E-state index is 13.8. The second-order valence-corrected chi connectivity index (χ2v) is 9.71. The maximum Gasteiger partial charge on any atom is 0.257 e. The minimum absolute atomic E-state index is 0.0530. The van der Waals surface area contributed by atoms with E-state index in [4.69, 9.17) is 46.4 Å². The molecule has 1 aliphatic rings. The molecule has 0 radical (unpaired) electrons. The monoisotopic (exact) mass is 528 g/mol. The topological polar surface area (TPSA) is 58.2 Å². The SMILES string of the molecule is O=C(Nc1ccc(F)cc1)c1cc(NC(=O)C2C(c3ccc(Cl)c(F)c3)C2(Cl)Cl)ccc1Cl. The fourth-order valence-electron chi connectivity index (χ4n) is 3.50. The van der Waals surface area contributed by atoms with Crippen LogP contribution in [0, 0.1) is 17.6 Å². The zero-order valence-electron chi connectivity index (χ0n) is 16.5. The first kappa shape index (κ1) is 23.8. The van der Waals surface area contributed by atoms with Gasteiger partial charge in [0.05, 0.1) is 21.5 Å². The number of benzene rings is 3. The Morgan fingerprint density at radius 2 is 1.45 bits per heavy atom. The van der Waals surface area contributed by atoms with E-state index in [-0.39, 0.29) is 21.3 Å². The van der Waals surface area contributed by atoms with Crippen LogP contribution >= 0.6 is 46.4 Å². The fraction of sp³-hybridized carbons (Fsp3) is 0.130. The number of anilines is 2. The van der Waals surface area contributed by atoms with Crippen molar-refractivity contribution in [3.05, 3.63) is 93.5 Å². The number of amides is 2. The van der Waals surface area contributed by atoms with E-state index < -0.39 is 39.6 Å². The number of halogens is 6. The van der Waals surface area contributed by atoms with Crippen molar-refractivity contribution in [3.8, 4) is 0 Å². The van der Waals surface area contributed by atoms with Gasteiger partial charge in [-0.1, -0.05) is 29.3 Å². The molecule has 33 heavy (non-hydrogen) atoms. The first-order chi connectivity index (χ1) is 15.6. The summed E-state index contributed by atoms with van der Waals surface area (Å²) >= 11 is 24.5. The minimum atomic E-state index is -1.43. The summed E-state index contributed by atoms with van der Waals surface area (Å²) in [4.78, 5) is 25.5. The molecular formula is C23H14Cl4F2N2O2. The van der Waals surface area contributed by atoms with E-state index in [0.717, 1.165) is 0 Å². The molecule has 0 spiro atoms. The Kier molecular flexibility index (Phi) is 6.56. The molecule has 4 rings (SSSR count). The zero-order valence-corrected chi connectivity index (χ0v) is 19.5. The van der Waals surface area contributed by atoms with Crippen LogP contribution in [0.1, 0.15) is 21.8 Å². The maximum atomic E-state index is 13.8. The van der Waals surface area contributed by atoms with E-state index in [2.05, 4.69) is 10.6 Å². The number of hydrogen-bond acceptors (Lipinski definition) is 2. The van der Waals surface area contributed by atoms with Crippen LogP contribution in [0.15, 0.2) is 60.7 Å². The van der Waals surface area contributed by atoms with Crippen molar-refractivity contribution >= 4 is 69.6 Å². The van der Waals surface area contributed by atoms with Crippen molar-refractivity contribution in [2.24, 2.45) is 5.92 Å². The Morgan fingerprint density at radius 1 is 0.818 bits per heavy atom.